The maximum absolute atomic E-state index is 13.0. The van der Waals surface area contributed by atoms with Gasteiger partial charge >= 0.3 is 0 Å². The minimum absolute atomic E-state index is 0.0689. The number of carbonyl (C=O) groups is 2. The molecule has 1 N–H and O–H groups in total. The maximum atomic E-state index is 13.0. The number of amides is 2. The Balaban J connectivity index is 2.22. The number of carbonyl (C=O) groups excluding carboxylic acids is 2. The zero-order chi connectivity index (χ0) is 22.6. The molecule has 2 amide bonds. The van der Waals surface area contributed by atoms with Gasteiger partial charge in [-0.1, -0.05) is 13.8 Å². The summed E-state index contributed by atoms with van der Waals surface area (Å²) in [5.74, 6) is -0.737. The van der Waals surface area contributed by atoms with Gasteiger partial charge in [-0.3, -0.25) is 9.59 Å². The monoisotopic (exact) mass is 441 g/mol. The molecule has 0 fully saturated rings. The molecule has 30 heavy (non-hydrogen) atoms. The summed E-state index contributed by atoms with van der Waals surface area (Å²) >= 11 is 0. The van der Waals surface area contributed by atoms with Crippen LogP contribution in [-0.2, 0) is 35.5 Å². The highest BCUT2D eigenvalue weighted by Gasteiger charge is 2.32. The fourth-order valence-electron chi connectivity index (χ4n) is 3.38. The molecule has 0 spiro atoms. The number of nitrogens with zero attached hydrogens (tertiary/aromatic N) is 2. The van der Waals surface area contributed by atoms with Crippen molar-refractivity contribution < 1.29 is 27.5 Å². The number of anilines is 1. The molecule has 0 aliphatic carbocycles. The standard InChI is InChI=1S/C20H31N3O6S/c1-13(2)19(20(25)22(4)12-18(28-5)29-6)21-30(26,27)16-7-8-17-15(11-16)9-10-23(17)14(3)24/h7-8,11,13,18-19,21H,9-10,12H2,1-6H3/t19-/m1/s1. The summed E-state index contributed by atoms with van der Waals surface area (Å²) in [7, 11) is 0.564. The number of ether oxygens (including phenoxy) is 2. The van der Waals surface area contributed by atoms with E-state index < -0.39 is 22.4 Å². The molecule has 0 radical (unpaired) electrons. The van der Waals surface area contributed by atoms with Crippen LogP contribution in [0.25, 0.3) is 0 Å². The van der Waals surface area contributed by atoms with Crippen LogP contribution in [0.15, 0.2) is 23.1 Å². The zero-order valence-corrected chi connectivity index (χ0v) is 19.2. The van der Waals surface area contributed by atoms with Crippen molar-refractivity contribution in [3.63, 3.8) is 0 Å². The van der Waals surface area contributed by atoms with E-state index in [1.165, 1.54) is 32.1 Å². The summed E-state index contributed by atoms with van der Waals surface area (Å²) in [5, 5.41) is 0. The summed E-state index contributed by atoms with van der Waals surface area (Å²) in [5.41, 5.74) is 1.52. The molecule has 1 aliphatic rings. The molecular formula is C20H31N3O6S. The van der Waals surface area contributed by atoms with Gasteiger partial charge in [-0.15, -0.1) is 0 Å². The van der Waals surface area contributed by atoms with Crippen molar-refractivity contribution in [1.29, 1.82) is 0 Å². The summed E-state index contributed by atoms with van der Waals surface area (Å²) in [4.78, 5) is 27.7. The second-order valence-electron chi connectivity index (χ2n) is 7.67. The van der Waals surface area contributed by atoms with Gasteiger partial charge < -0.3 is 19.3 Å². The minimum Gasteiger partial charge on any atom is -0.354 e. The first-order valence-corrected chi connectivity index (χ1v) is 11.2. The predicted molar refractivity (Wildman–Crippen MR) is 113 cm³/mol. The van der Waals surface area contributed by atoms with Crippen LogP contribution in [0.2, 0.25) is 0 Å². The molecule has 0 bridgehead atoms. The minimum atomic E-state index is -3.95. The number of nitrogens with one attached hydrogen (secondary N) is 1. The Morgan fingerprint density at radius 3 is 2.40 bits per heavy atom. The average Bonchev–Trinajstić information content (AvgIpc) is 3.12. The molecule has 0 saturated carbocycles. The Hall–Kier alpha value is -2.01. The van der Waals surface area contributed by atoms with Crippen LogP contribution in [0, 0.1) is 5.92 Å². The quantitative estimate of drug-likeness (QED) is 0.573. The third-order valence-electron chi connectivity index (χ3n) is 5.18. The Bertz CT molecular complexity index is 883. The average molecular weight is 442 g/mol. The van der Waals surface area contributed by atoms with E-state index in [0.717, 1.165) is 11.3 Å². The third-order valence-corrected chi connectivity index (χ3v) is 6.62. The first kappa shape index (κ1) is 24.3. The highest BCUT2D eigenvalue weighted by molar-refractivity contribution is 7.89. The molecule has 10 heteroatoms. The second-order valence-corrected chi connectivity index (χ2v) is 9.39. The Morgan fingerprint density at radius 2 is 1.87 bits per heavy atom. The molecule has 2 rings (SSSR count). The van der Waals surface area contributed by atoms with Gasteiger partial charge in [-0.25, -0.2) is 8.42 Å². The zero-order valence-electron chi connectivity index (χ0n) is 18.3. The van der Waals surface area contributed by atoms with Crippen LogP contribution in [0.3, 0.4) is 0 Å². The summed E-state index contributed by atoms with van der Waals surface area (Å²) in [6, 6.07) is 3.72. The van der Waals surface area contributed by atoms with Crippen LogP contribution in [-0.4, -0.2) is 71.8 Å². The lowest BCUT2D eigenvalue weighted by atomic mass is 10.0. The van der Waals surface area contributed by atoms with Crippen LogP contribution >= 0.6 is 0 Å². The third kappa shape index (κ3) is 5.37. The Kier molecular flexibility index (Phi) is 7.98. The topological polar surface area (TPSA) is 105 Å². The smallest absolute Gasteiger partial charge is 0.241 e. The molecule has 1 aromatic carbocycles. The van der Waals surface area contributed by atoms with Crippen molar-refractivity contribution in [3.05, 3.63) is 23.8 Å². The van der Waals surface area contributed by atoms with Gasteiger partial charge in [0.2, 0.25) is 21.8 Å². The van der Waals surface area contributed by atoms with E-state index in [2.05, 4.69) is 4.72 Å². The second kappa shape index (κ2) is 9.86. The number of likely N-dealkylation sites (N-methyl/N-ethyl adjacent to an activating group) is 1. The lowest BCUT2D eigenvalue weighted by Gasteiger charge is -2.28. The number of sulfonamides is 1. The van der Waals surface area contributed by atoms with Crippen LogP contribution < -0.4 is 9.62 Å². The van der Waals surface area contributed by atoms with Crippen molar-refractivity contribution >= 4 is 27.5 Å². The summed E-state index contributed by atoms with van der Waals surface area (Å²) < 4.78 is 38.8. The van der Waals surface area contributed by atoms with Gasteiger partial charge in [0, 0.05) is 40.4 Å². The Labute approximate surface area is 178 Å². The summed E-state index contributed by atoms with van der Waals surface area (Å²) in [6.45, 7) is 5.72. The van der Waals surface area contributed by atoms with Crippen LogP contribution in [0.4, 0.5) is 5.69 Å². The van der Waals surface area contributed by atoms with E-state index in [9.17, 15) is 18.0 Å². The molecule has 0 unspecified atom stereocenters. The van der Waals surface area contributed by atoms with Gasteiger partial charge in [0.25, 0.3) is 0 Å². The first-order chi connectivity index (χ1) is 14.0. The number of fused-ring (bicyclic) bond motifs is 1. The van der Waals surface area contributed by atoms with Crippen LogP contribution in [0.5, 0.6) is 0 Å². The largest absolute Gasteiger partial charge is 0.354 e. The van der Waals surface area contributed by atoms with E-state index in [1.54, 1.807) is 37.9 Å². The molecule has 0 saturated heterocycles. The van der Waals surface area contributed by atoms with E-state index in [-0.39, 0.29) is 29.2 Å². The van der Waals surface area contributed by atoms with E-state index in [4.69, 9.17) is 9.47 Å². The van der Waals surface area contributed by atoms with Gasteiger partial charge in [-0.2, -0.15) is 4.72 Å². The van der Waals surface area contributed by atoms with E-state index >= 15 is 0 Å². The number of hydrogen-bond acceptors (Lipinski definition) is 6. The molecule has 1 aliphatic heterocycles. The normalized spacial score (nSPS) is 14.9. The van der Waals surface area contributed by atoms with Crippen molar-refractivity contribution in [2.75, 3.05) is 39.3 Å². The van der Waals surface area contributed by atoms with Gasteiger partial charge in [0.15, 0.2) is 6.29 Å². The van der Waals surface area contributed by atoms with Crippen LogP contribution in [0.1, 0.15) is 26.3 Å². The van der Waals surface area contributed by atoms with E-state index in [0.29, 0.717) is 13.0 Å². The maximum Gasteiger partial charge on any atom is 0.241 e. The van der Waals surface area contributed by atoms with Gasteiger partial charge in [0.05, 0.1) is 11.4 Å². The summed E-state index contributed by atoms with van der Waals surface area (Å²) in [6.07, 6.45) is -0.0208. The van der Waals surface area contributed by atoms with Gasteiger partial charge in [0.1, 0.15) is 6.04 Å². The molecule has 168 valence electrons. The number of rotatable bonds is 9. The molecule has 9 nitrogen and oxygen atoms in total. The van der Waals surface area contributed by atoms with Crippen molar-refractivity contribution in [2.24, 2.45) is 5.92 Å². The van der Waals surface area contributed by atoms with Crippen molar-refractivity contribution in [1.82, 2.24) is 9.62 Å². The number of methoxy groups -OCH3 is 2. The fourth-order valence-corrected chi connectivity index (χ4v) is 4.76. The molecule has 0 aromatic heterocycles. The molecule has 1 heterocycles. The van der Waals surface area contributed by atoms with Crippen molar-refractivity contribution in [3.8, 4) is 0 Å². The molecule has 1 atom stereocenters. The molecule has 1 aromatic rings. The van der Waals surface area contributed by atoms with E-state index in [1.807, 2.05) is 0 Å². The highest BCUT2D eigenvalue weighted by Crippen LogP contribution is 2.30. The SMILES string of the molecule is COC(CN(C)C(=O)[C@H](NS(=O)(=O)c1ccc2c(c1)CCN2C(C)=O)C(C)C)OC. The number of hydrogen-bond donors (Lipinski definition) is 1. The van der Waals surface area contributed by atoms with Crippen molar-refractivity contribution in [2.45, 2.75) is 44.4 Å². The molecular weight excluding hydrogens is 410 g/mol. The highest BCUT2D eigenvalue weighted by atomic mass is 32.2. The lowest BCUT2D eigenvalue weighted by Crippen LogP contribution is -2.51. The Morgan fingerprint density at radius 1 is 1.23 bits per heavy atom. The first-order valence-electron chi connectivity index (χ1n) is 9.75. The number of benzene rings is 1. The van der Waals surface area contributed by atoms with Gasteiger partial charge in [-0.05, 0) is 36.1 Å². The fraction of sp³-hybridized carbons (Fsp3) is 0.600. The predicted octanol–water partition coefficient (Wildman–Crippen LogP) is 0.976. The lowest BCUT2D eigenvalue weighted by molar-refractivity contribution is -0.145.